The molecule has 1 aromatic rings. The third-order valence-electron chi connectivity index (χ3n) is 4.84. The molecule has 0 aliphatic rings. The summed E-state index contributed by atoms with van der Waals surface area (Å²) in [6.45, 7) is 12.7. The maximum Gasteiger partial charge on any atom is 0.0112 e. The summed E-state index contributed by atoms with van der Waals surface area (Å²) in [6, 6.07) is 5.02. The highest BCUT2D eigenvalue weighted by atomic mass is 32.1. The van der Waals surface area contributed by atoms with Crippen LogP contribution in [-0.4, -0.2) is 37.6 Å². The van der Waals surface area contributed by atoms with Crippen LogP contribution >= 0.6 is 11.3 Å². The highest BCUT2D eigenvalue weighted by Crippen LogP contribution is 2.28. The molecule has 21 heavy (non-hydrogen) atoms. The molecular weight excluding hydrogens is 276 g/mol. The molecule has 1 aromatic heterocycles. The van der Waals surface area contributed by atoms with Crippen molar-refractivity contribution in [3.05, 3.63) is 22.4 Å². The van der Waals surface area contributed by atoms with E-state index in [1.165, 1.54) is 37.1 Å². The topological polar surface area (TPSA) is 15.3 Å². The fourth-order valence-electron chi connectivity index (χ4n) is 2.87. The first-order valence-electron chi connectivity index (χ1n) is 8.50. The summed E-state index contributed by atoms with van der Waals surface area (Å²) in [5, 5.41) is 5.82. The average Bonchev–Trinajstić information content (AvgIpc) is 2.99. The molecule has 0 saturated heterocycles. The van der Waals surface area contributed by atoms with E-state index in [9.17, 15) is 0 Å². The molecule has 0 fully saturated rings. The lowest BCUT2D eigenvalue weighted by atomic mass is 9.81. The predicted octanol–water partition coefficient (Wildman–Crippen LogP) is 4.42. The van der Waals surface area contributed by atoms with Crippen molar-refractivity contribution < 1.29 is 0 Å². The van der Waals surface area contributed by atoms with E-state index in [1.807, 2.05) is 11.3 Å². The van der Waals surface area contributed by atoms with Crippen LogP contribution in [0.4, 0.5) is 0 Å². The van der Waals surface area contributed by atoms with E-state index < -0.39 is 0 Å². The van der Waals surface area contributed by atoms with Crippen LogP contribution in [0.15, 0.2) is 17.5 Å². The number of rotatable bonds is 11. The smallest absolute Gasteiger partial charge is 0.0112 e. The molecule has 122 valence electrons. The second kappa shape index (κ2) is 9.60. The van der Waals surface area contributed by atoms with Crippen molar-refractivity contribution in [3.63, 3.8) is 0 Å². The molecule has 0 aromatic carbocycles. The first-order chi connectivity index (χ1) is 10.1. The Morgan fingerprint density at radius 3 is 2.52 bits per heavy atom. The Bertz CT molecular complexity index is 357. The number of nitrogens with zero attached hydrogens (tertiary/aromatic N) is 1. The lowest BCUT2D eigenvalue weighted by Crippen LogP contribution is -2.45. The van der Waals surface area contributed by atoms with Crippen molar-refractivity contribution in [2.24, 2.45) is 5.41 Å². The van der Waals surface area contributed by atoms with Gasteiger partial charge in [-0.3, -0.25) is 0 Å². The SMILES string of the molecule is CCCNCC(CC)(CC)CN(C)C(C)Cc1cccs1. The highest BCUT2D eigenvalue weighted by molar-refractivity contribution is 7.09. The van der Waals surface area contributed by atoms with Crippen LogP contribution in [0.3, 0.4) is 0 Å². The van der Waals surface area contributed by atoms with Crippen LogP contribution in [0, 0.1) is 5.41 Å². The summed E-state index contributed by atoms with van der Waals surface area (Å²) >= 11 is 1.88. The lowest BCUT2D eigenvalue weighted by molar-refractivity contribution is 0.127. The minimum Gasteiger partial charge on any atom is -0.316 e. The van der Waals surface area contributed by atoms with E-state index in [2.05, 4.69) is 62.5 Å². The van der Waals surface area contributed by atoms with Crippen LogP contribution in [0.5, 0.6) is 0 Å². The Kier molecular flexibility index (Phi) is 8.53. The Morgan fingerprint density at radius 1 is 1.29 bits per heavy atom. The summed E-state index contributed by atoms with van der Waals surface area (Å²) in [6.07, 6.45) is 4.88. The van der Waals surface area contributed by atoms with E-state index in [0.717, 1.165) is 13.1 Å². The summed E-state index contributed by atoms with van der Waals surface area (Å²) in [7, 11) is 2.29. The molecule has 1 N–H and O–H groups in total. The van der Waals surface area contributed by atoms with E-state index >= 15 is 0 Å². The van der Waals surface area contributed by atoms with E-state index in [4.69, 9.17) is 0 Å². The van der Waals surface area contributed by atoms with Gasteiger partial charge in [0.2, 0.25) is 0 Å². The molecule has 3 heteroatoms. The van der Waals surface area contributed by atoms with Gasteiger partial charge in [0.1, 0.15) is 0 Å². The van der Waals surface area contributed by atoms with E-state index in [-0.39, 0.29) is 0 Å². The van der Waals surface area contributed by atoms with Gasteiger partial charge in [-0.2, -0.15) is 0 Å². The molecule has 0 aliphatic carbocycles. The predicted molar refractivity (Wildman–Crippen MR) is 96.3 cm³/mol. The van der Waals surface area contributed by atoms with Gasteiger partial charge in [0, 0.05) is 24.0 Å². The van der Waals surface area contributed by atoms with Crippen molar-refractivity contribution in [2.75, 3.05) is 26.7 Å². The van der Waals surface area contributed by atoms with Crippen molar-refractivity contribution in [2.45, 2.75) is 59.4 Å². The summed E-state index contributed by atoms with van der Waals surface area (Å²) < 4.78 is 0. The normalized spacial score (nSPS) is 13.8. The second-order valence-electron chi connectivity index (χ2n) is 6.43. The minimum absolute atomic E-state index is 0.410. The largest absolute Gasteiger partial charge is 0.316 e. The third-order valence-corrected chi connectivity index (χ3v) is 5.74. The zero-order valence-corrected chi connectivity index (χ0v) is 15.4. The van der Waals surface area contributed by atoms with E-state index in [0.29, 0.717) is 11.5 Å². The van der Waals surface area contributed by atoms with Crippen LogP contribution in [0.2, 0.25) is 0 Å². The monoisotopic (exact) mass is 310 g/mol. The Hall–Kier alpha value is -0.380. The molecular formula is C18H34N2S. The molecule has 0 spiro atoms. The number of likely N-dealkylation sites (N-methyl/N-ethyl adjacent to an activating group) is 1. The van der Waals surface area contributed by atoms with Gasteiger partial charge in [-0.05, 0) is 63.1 Å². The van der Waals surface area contributed by atoms with Gasteiger partial charge in [-0.1, -0.05) is 26.8 Å². The zero-order valence-electron chi connectivity index (χ0n) is 14.6. The lowest BCUT2D eigenvalue weighted by Gasteiger charge is -2.38. The Labute approximate surface area is 135 Å². The van der Waals surface area contributed by atoms with Crippen LogP contribution < -0.4 is 5.32 Å². The van der Waals surface area contributed by atoms with Crippen molar-refractivity contribution >= 4 is 11.3 Å². The standard InChI is InChI=1S/C18H34N2S/c1-6-11-19-14-18(7-2,8-3)15-20(5)16(4)13-17-10-9-12-21-17/h9-10,12,16,19H,6-8,11,13-15H2,1-5H3. The second-order valence-corrected chi connectivity index (χ2v) is 7.46. The van der Waals surface area contributed by atoms with Crippen molar-refractivity contribution in [3.8, 4) is 0 Å². The molecule has 2 nitrogen and oxygen atoms in total. The van der Waals surface area contributed by atoms with Crippen LogP contribution in [0.25, 0.3) is 0 Å². The summed E-state index contributed by atoms with van der Waals surface area (Å²) in [4.78, 5) is 4.05. The maximum atomic E-state index is 3.64. The minimum atomic E-state index is 0.410. The molecule has 1 atom stereocenters. The first-order valence-corrected chi connectivity index (χ1v) is 9.38. The number of hydrogen-bond donors (Lipinski definition) is 1. The van der Waals surface area contributed by atoms with Gasteiger partial charge in [0.25, 0.3) is 0 Å². The van der Waals surface area contributed by atoms with Crippen LogP contribution in [0.1, 0.15) is 51.8 Å². The highest BCUT2D eigenvalue weighted by Gasteiger charge is 2.28. The van der Waals surface area contributed by atoms with Crippen molar-refractivity contribution in [1.82, 2.24) is 10.2 Å². The molecule has 0 radical (unpaired) electrons. The van der Waals surface area contributed by atoms with Crippen molar-refractivity contribution in [1.29, 1.82) is 0 Å². The van der Waals surface area contributed by atoms with Gasteiger partial charge in [0.05, 0.1) is 0 Å². The fraction of sp³-hybridized carbons (Fsp3) is 0.778. The van der Waals surface area contributed by atoms with Crippen LogP contribution in [-0.2, 0) is 6.42 Å². The summed E-state index contributed by atoms with van der Waals surface area (Å²) in [5.41, 5.74) is 0.410. The molecule has 0 bridgehead atoms. The van der Waals surface area contributed by atoms with Gasteiger partial charge in [0.15, 0.2) is 0 Å². The zero-order chi connectivity index (χ0) is 15.7. The summed E-state index contributed by atoms with van der Waals surface area (Å²) in [5.74, 6) is 0. The third kappa shape index (κ3) is 6.09. The molecule has 0 saturated carbocycles. The van der Waals surface area contributed by atoms with Gasteiger partial charge in [-0.25, -0.2) is 0 Å². The Balaban J connectivity index is 2.55. The van der Waals surface area contributed by atoms with Gasteiger partial charge >= 0.3 is 0 Å². The van der Waals surface area contributed by atoms with E-state index in [1.54, 1.807) is 0 Å². The first kappa shape index (κ1) is 18.7. The number of thiophene rings is 1. The quantitative estimate of drug-likeness (QED) is 0.609. The fourth-order valence-corrected chi connectivity index (χ4v) is 3.70. The maximum absolute atomic E-state index is 3.64. The van der Waals surface area contributed by atoms with Gasteiger partial charge in [-0.15, -0.1) is 11.3 Å². The Morgan fingerprint density at radius 2 is 2.00 bits per heavy atom. The number of nitrogens with one attached hydrogen (secondary N) is 1. The molecule has 1 unspecified atom stereocenters. The molecule has 0 amide bonds. The molecule has 1 rings (SSSR count). The number of hydrogen-bond acceptors (Lipinski definition) is 3. The van der Waals surface area contributed by atoms with Gasteiger partial charge < -0.3 is 10.2 Å². The molecule has 0 aliphatic heterocycles. The average molecular weight is 311 g/mol. The molecule has 1 heterocycles.